The third-order valence-corrected chi connectivity index (χ3v) is 5.90. The number of hydrogen-bond donors (Lipinski definition) is 4. The van der Waals surface area contributed by atoms with Crippen molar-refractivity contribution in [3.05, 3.63) is 71.9 Å². The molecule has 1 amide bonds. The number of benzene rings is 1. The smallest absolute Gasteiger partial charge is 0.422 e. The summed E-state index contributed by atoms with van der Waals surface area (Å²) >= 11 is 0. The topological polar surface area (TPSA) is 122 Å². The van der Waals surface area contributed by atoms with E-state index in [-0.39, 0.29) is 23.0 Å². The van der Waals surface area contributed by atoms with Crippen molar-refractivity contribution in [3.8, 4) is 11.8 Å². The second kappa shape index (κ2) is 12.9. The molecule has 2 aromatic heterocycles. The third-order valence-electron chi connectivity index (χ3n) is 5.90. The molecule has 13 heteroatoms. The highest BCUT2D eigenvalue weighted by Gasteiger charge is 2.29. The van der Waals surface area contributed by atoms with E-state index in [2.05, 4.69) is 42.8 Å². The van der Waals surface area contributed by atoms with Crippen molar-refractivity contribution in [2.24, 2.45) is 5.41 Å². The van der Waals surface area contributed by atoms with Crippen LogP contribution in [0.2, 0.25) is 0 Å². The fraction of sp³-hybridized carbons (Fsp3) is 0.357. The summed E-state index contributed by atoms with van der Waals surface area (Å²) in [5.41, 5.74) is 1.87. The maximum absolute atomic E-state index is 12.8. The highest BCUT2D eigenvalue weighted by Crippen LogP contribution is 2.23. The minimum atomic E-state index is -4.56. The number of carbonyl (C=O) groups excluding carboxylic acids is 1. The molecule has 0 spiro atoms. The molecule has 4 aliphatic rings. The molecule has 0 fully saturated rings. The molecule has 0 aliphatic carbocycles. The zero-order valence-electron chi connectivity index (χ0n) is 22.8. The number of aromatic nitrogens is 3. The van der Waals surface area contributed by atoms with Crippen molar-refractivity contribution < 1.29 is 27.4 Å². The van der Waals surface area contributed by atoms with Crippen LogP contribution < -0.4 is 30.7 Å². The molecule has 41 heavy (non-hydrogen) atoms. The van der Waals surface area contributed by atoms with Crippen LogP contribution in [0.25, 0.3) is 0 Å². The Morgan fingerprint density at radius 2 is 1.76 bits per heavy atom. The number of hydrogen-bond acceptors (Lipinski definition) is 9. The highest BCUT2D eigenvalue weighted by molar-refractivity contribution is 5.94. The summed E-state index contributed by atoms with van der Waals surface area (Å²) < 4.78 is 48.9. The minimum absolute atomic E-state index is 0.150. The van der Waals surface area contributed by atoms with Crippen molar-refractivity contribution in [1.29, 1.82) is 0 Å². The van der Waals surface area contributed by atoms with E-state index in [4.69, 9.17) is 9.47 Å². The van der Waals surface area contributed by atoms with Gasteiger partial charge in [-0.3, -0.25) is 4.79 Å². The van der Waals surface area contributed by atoms with Gasteiger partial charge in [0.2, 0.25) is 0 Å². The Morgan fingerprint density at radius 3 is 2.46 bits per heavy atom. The second-order valence-corrected chi connectivity index (χ2v) is 10.4. The van der Waals surface area contributed by atoms with Gasteiger partial charge in [0.1, 0.15) is 29.8 Å². The van der Waals surface area contributed by atoms with E-state index in [1.807, 2.05) is 38.1 Å². The number of nitrogens with zero attached hydrogens (tertiary/aromatic N) is 3. The maximum Gasteiger partial charge on any atom is 0.422 e. The number of carbonyl (C=O) groups is 1. The van der Waals surface area contributed by atoms with Crippen LogP contribution in [0.15, 0.2) is 60.8 Å². The van der Waals surface area contributed by atoms with E-state index in [1.165, 1.54) is 12.3 Å². The van der Waals surface area contributed by atoms with Gasteiger partial charge in [-0.25, -0.2) is 4.98 Å². The van der Waals surface area contributed by atoms with Gasteiger partial charge in [-0.1, -0.05) is 32.6 Å². The molecule has 0 atom stereocenters. The second-order valence-electron chi connectivity index (χ2n) is 10.4. The molecule has 6 heterocycles. The SMILES string of the molecule is C=C1CNCC(C)(C)CNC(=O)c2ccc(nc2)Nc2cc(nc(OCC(F)(F)F)n2)NCc2ccc(cc2)OC1. The first-order valence-electron chi connectivity index (χ1n) is 12.9. The van der Waals surface area contributed by atoms with E-state index in [1.54, 1.807) is 12.1 Å². The summed E-state index contributed by atoms with van der Waals surface area (Å²) in [6.45, 7) is 8.88. The molecule has 10 nitrogen and oxygen atoms in total. The summed E-state index contributed by atoms with van der Waals surface area (Å²) in [7, 11) is 0. The van der Waals surface area contributed by atoms with Gasteiger partial charge in [0, 0.05) is 38.4 Å². The summed E-state index contributed by atoms with van der Waals surface area (Å²) in [5, 5.41) is 12.3. The molecule has 7 rings (SSSR count). The summed E-state index contributed by atoms with van der Waals surface area (Å²) in [6.07, 6.45) is -3.16. The van der Waals surface area contributed by atoms with Gasteiger partial charge in [0.05, 0.1) is 5.56 Å². The number of halogens is 3. The lowest BCUT2D eigenvalue weighted by Gasteiger charge is -2.25. The van der Waals surface area contributed by atoms with E-state index < -0.39 is 18.8 Å². The molecule has 6 bridgehead atoms. The molecule has 0 radical (unpaired) electrons. The van der Waals surface area contributed by atoms with Crippen molar-refractivity contribution in [3.63, 3.8) is 0 Å². The molecule has 3 aromatic rings. The minimum Gasteiger partial charge on any atom is -0.489 e. The molecule has 0 unspecified atom stereocenters. The largest absolute Gasteiger partial charge is 0.489 e. The van der Waals surface area contributed by atoms with Crippen LogP contribution in [0.1, 0.15) is 29.8 Å². The first kappa shape index (κ1) is 29.6. The molecule has 1 aromatic carbocycles. The normalized spacial score (nSPS) is 16.5. The number of pyridine rings is 1. The summed E-state index contributed by atoms with van der Waals surface area (Å²) in [5.74, 6) is 1.09. The Bertz CT molecular complexity index is 1350. The number of alkyl halides is 3. The average Bonchev–Trinajstić information content (AvgIpc) is 2.93. The highest BCUT2D eigenvalue weighted by atomic mass is 19.4. The zero-order chi connectivity index (χ0) is 29.5. The van der Waals surface area contributed by atoms with E-state index in [9.17, 15) is 18.0 Å². The number of nitrogens with one attached hydrogen (secondary N) is 4. The van der Waals surface area contributed by atoms with Crippen molar-refractivity contribution in [2.75, 3.05) is 43.5 Å². The van der Waals surface area contributed by atoms with Crippen LogP contribution in [0.3, 0.4) is 0 Å². The molecular formula is C28H32F3N7O3. The van der Waals surface area contributed by atoms with Gasteiger partial charge in [0.25, 0.3) is 5.91 Å². The number of amides is 1. The predicted molar refractivity (Wildman–Crippen MR) is 148 cm³/mol. The first-order valence-corrected chi connectivity index (χ1v) is 12.9. The molecule has 0 saturated carbocycles. The van der Waals surface area contributed by atoms with E-state index >= 15 is 0 Å². The molecule has 218 valence electrons. The van der Waals surface area contributed by atoms with Gasteiger partial charge < -0.3 is 30.7 Å². The number of anilines is 3. The predicted octanol–water partition coefficient (Wildman–Crippen LogP) is 4.46. The van der Waals surface area contributed by atoms with Gasteiger partial charge in [-0.15, -0.1) is 0 Å². The van der Waals surface area contributed by atoms with Crippen LogP contribution in [0, 0.1) is 5.41 Å². The Balaban J connectivity index is 1.57. The maximum atomic E-state index is 12.8. The fourth-order valence-electron chi connectivity index (χ4n) is 3.72. The molecular weight excluding hydrogens is 539 g/mol. The summed E-state index contributed by atoms with van der Waals surface area (Å²) in [4.78, 5) is 25.0. The Kier molecular flexibility index (Phi) is 9.28. The lowest BCUT2D eigenvalue weighted by molar-refractivity contribution is -0.154. The Hall–Kier alpha value is -4.39. The fourth-order valence-corrected chi connectivity index (χ4v) is 3.72. The Labute approximate surface area is 235 Å². The molecule has 4 N–H and O–H groups in total. The molecule has 0 saturated heterocycles. The first-order chi connectivity index (χ1) is 19.4. The lowest BCUT2D eigenvalue weighted by Crippen LogP contribution is -2.41. The van der Waals surface area contributed by atoms with Gasteiger partial charge >= 0.3 is 12.2 Å². The quantitative estimate of drug-likeness (QED) is 0.330. The van der Waals surface area contributed by atoms with Crippen molar-refractivity contribution >= 4 is 23.4 Å². The zero-order valence-corrected chi connectivity index (χ0v) is 22.8. The molecule has 4 aliphatic heterocycles. The van der Waals surface area contributed by atoms with Crippen LogP contribution in [0.5, 0.6) is 11.8 Å². The van der Waals surface area contributed by atoms with Gasteiger partial charge in [-0.05, 0) is 40.8 Å². The van der Waals surface area contributed by atoms with E-state index in [0.717, 1.165) is 11.1 Å². The van der Waals surface area contributed by atoms with E-state index in [0.29, 0.717) is 49.9 Å². The van der Waals surface area contributed by atoms with Crippen LogP contribution in [0.4, 0.5) is 30.6 Å². The summed E-state index contributed by atoms with van der Waals surface area (Å²) in [6, 6.07) is 11.6. The van der Waals surface area contributed by atoms with Crippen LogP contribution in [-0.2, 0) is 6.54 Å². The van der Waals surface area contributed by atoms with Crippen LogP contribution >= 0.6 is 0 Å². The monoisotopic (exact) mass is 571 g/mol. The third kappa shape index (κ3) is 9.64. The van der Waals surface area contributed by atoms with Gasteiger partial charge in [0.15, 0.2) is 6.61 Å². The Morgan fingerprint density at radius 1 is 1.00 bits per heavy atom. The van der Waals surface area contributed by atoms with Crippen molar-refractivity contribution in [2.45, 2.75) is 26.6 Å². The van der Waals surface area contributed by atoms with Crippen LogP contribution in [-0.4, -0.2) is 59.9 Å². The van der Waals surface area contributed by atoms with Gasteiger partial charge in [-0.2, -0.15) is 23.1 Å². The lowest BCUT2D eigenvalue weighted by atomic mass is 9.93. The van der Waals surface area contributed by atoms with Crippen molar-refractivity contribution in [1.82, 2.24) is 25.6 Å². The average molecular weight is 572 g/mol. The number of rotatable bonds is 2. The number of ether oxygens (including phenoxy) is 2. The standard InChI is InChI=1S/C28H32F3N7O3/c1-18-11-32-15-27(2,3)16-35-25(39)20-6-9-22(34-13-20)36-24-10-23(37-26(38-24)41-17-28(29,30)31)33-12-19-4-7-21(8-5-19)40-14-18/h4-10,13,32H,1,11-12,14-17H2,2-3H3,(H,35,39)(H2,33,34,36,37,38).